The molecule has 1 aromatic rings. The van der Waals surface area contributed by atoms with E-state index in [9.17, 15) is 9.90 Å². The molecule has 1 aromatic heterocycles. The Labute approximate surface area is 82.3 Å². The molecule has 5 heteroatoms. The molecule has 0 aliphatic rings. The van der Waals surface area contributed by atoms with Gasteiger partial charge >= 0.3 is 5.97 Å². The molecule has 0 spiro atoms. The van der Waals surface area contributed by atoms with Crippen molar-refractivity contribution in [1.82, 2.24) is 9.78 Å². The van der Waals surface area contributed by atoms with E-state index in [1.807, 2.05) is 0 Å². The lowest BCUT2D eigenvalue weighted by Crippen LogP contribution is -2.21. The van der Waals surface area contributed by atoms with Gasteiger partial charge in [-0.2, -0.15) is 5.10 Å². The van der Waals surface area contributed by atoms with Crippen LogP contribution in [-0.2, 0) is 16.1 Å². The Bertz CT molecular complexity index is 272. The van der Waals surface area contributed by atoms with Crippen molar-refractivity contribution < 1.29 is 14.6 Å². The van der Waals surface area contributed by atoms with E-state index in [1.165, 1.54) is 0 Å². The van der Waals surface area contributed by atoms with E-state index in [-0.39, 0.29) is 12.4 Å². The average Bonchev–Trinajstić information content (AvgIpc) is 2.56. The second-order valence-corrected chi connectivity index (χ2v) is 2.89. The molecule has 1 rings (SSSR count). The topological polar surface area (TPSA) is 64.3 Å². The molecule has 1 atom stereocenters. The molecule has 0 aliphatic heterocycles. The predicted molar refractivity (Wildman–Crippen MR) is 49.5 cm³/mol. The van der Waals surface area contributed by atoms with Crippen LogP contribution in [-0.4, -0.2) is 33.6 Å². The molecule has 1 heterocycles. The van der Waals surface area contributed by atoms with Crippen molar-refractivity contribution in [3.05, 3.63) is 18.5 Å². The highest BCUT2D eigenvalue weighted by molar-refractivity contribution is 5.69. The number of aliphatic hydroxyl groups excluding tert-OH is 1. The van der Waals surface area contributed by atoms with Crippen LogP contribution in [0.25, 0.3) is 0 Å². The third-order valence-electron chi connectivity index (χ3n) is 1.66. The molecule has 0 saturated heterocycles. The van der Waals surface area contributed by atoms with Crippen LogP contribution in [0.3, 0.4) is 0 Å². The summed E-state index contributed by atoms with van der Waals surface area (Å²) in [5, 5.41) is 13.4. The number of ether oxygens (including phenoxy) is 1. The number of esters is 1. The van der Waals surface area contributed by atoms with Gasteiger partial charge in [0, 0.05) is 12.4 Å². The normalized spacial score (nSPS) is 12.4. The summed E-state index contributed by atoms with van der Waals surface area (Å²) >= 11 is 0. The highest BCUT2D eigenvalue weighted by Crippen LogP contribution is 1.98. The predicted octanol–water partition coefficient (Wildman–Crippen LogP) is 0.197. The van der Waals surface area contributed by atoms with Crippen LogP contribution in [0.2, 0.25) is 0 Å². The largest absolute Gasteiger partial charge is 0.466 e. The van der Waals surface area contributed by atoms with Gasteiger partial charge in [-0.15, -0.1) is 0 Å². The molecule has 78 valence electrons. The van der Waals surface area contributed by atoms with Crippen molar-refractivity contribution in [3.63, 3.8) is 0 Å². The van der Waals surface area contributed by atoms with E-state index in [0.29, 0.717) is 13.2 Å². The smallest absolute Gasteiger partial charge is 0.308 e. The van der Waals surface area contributed by atoms with Crippen molar-refractivity contribution in [3.8, 4) is 0 Å². The molecular formula is C9H14N2O3. The molecule has 5 nitrogen and oxygen atoms in total. The van der Waals surface area contributed by atoms with E-state index >= 15 is 0 Å². The van der Waals surface area contributed by atoms with Gasteiger partial charge in [-0.1, -0.05) is 0 Å². The number of aliphatic hydroxyl groups is 1. The van der Waals surface area contributed by atoms with Crippen LogP contribution < -0.4 is 0 Å². The minimum Gasteiger partial charge on any atom is -0.466 e. The first-order valence-electron chi connectivity index (χ1n) is 4.53. The quantitative estimate of drug-likeness (QED) is 0.686. The lowest BCUT2D eigenvalue weighted by atomic mass is 10.2. The number of carbonyl (C=O) groups excluding carboxylic acids is 1. The number of nitrogens with zero attached hydrogens (tertiary/aromatic N) is 2. The fourth-order valence-corrected chi connectivity index (χ4v) is 1.10. The molecule has 0 radical (unpaired) electrons. The Morgan fingerprint density at radius 1 is 1.71 bits per heavy atom. The molecule has 14 heavy (non-hydrogen) atoms. The molecular weight excluding hydrogens is 184 g/mol. The number of carbonyl (C=O) groups is 1. The van der Waals surface area contributed by atoms with Gasteiger partial charge in [0.15, 0.2) is 0 Å². The SMILES string of the molecule is CCOC(=O)CC(O)Cn1cccn1. The zero-order chi connectivity index (χ0) is 10.4. The minimum absolute atomic E-state index is 0.00764. The van der Waals surface area contributed by atoms with Crippen LogP contribution in [0.15, 0.2) is 18.5 Å². The third-order valence-corrected chi connectivity index (χ3v) is 1.66. The monoisotopic (exact) mass is 198 g/mol. The summed E-state index contributed by atoms with van der Waals surface area (Å²) in [6.45, 7) is 2.39. The fourth-order valence-electron chi connectivity index (χ4n) is 1.10. The van der Waals surface area contributed by atoms with Gasteiger partial charge in [0.25, 0.3) is 0 Å². The van der Waals surface area contributed by atoms with Crippen molar-refractivity contribution in [2.45, 2.75) is 26.0 Å². The third kappa shape index (κ3) is 3.57. The van der Waals surface area contributed by atoms with Crippen molar-refractivity contribution >= 4 is 5.97 Å². The maximum atomic E-state index is 11.0. The first-order valence-corrected chi connectivity index (χ1v) is 4.53. The summed E-state index contributed by atoms with van der Waals surface area (Å²) < 4.78 is 6.28. The zero-order valence-corrected chi connectivity index (χ0v) is 8.09. The summed E-state index contributed by atoms with van der Waals surface area (Å²) in [6.07, 6.45) is 2.62. The minimum atomic E-state index is -0.742. The zero-order valence-electron chi connectivity index (χ0n) is 8.09. The Morgan fingerprint density at radius 3 is 3.07 bits per heavy atom. The van der Waals surface area contributed by atoms with Crippen LogP contribution in [0.5, 0.6) is 0 Å². The number of rotatable bonds is 5. The van der Waals surface area contributed by atoms with E-state index in [1.54, 1.807) is 30.1 Å². The van der Waals surface area contributed by atoms with Crippen molar-refractivity contribution in [2.75, 3.05) is 6.61 Å². The van der Waals surface area contributed by atoms with Crippen LogP contribution in [0, 0.1) is 0 Å². The highest BCUT2D eigenvalue weighted by atomic mass is 16.5. The molecule has 1 N–H and O–H groups in total. The van der Waals surface area contributed by atoms with Gasteiger partial charge in [0.2, 0.25) is 0 Å². The van der Waals surface area contributed by atoms with Crippen molar-refractivity contribution in [1.29, 1.82) is 0 Å². The van der Waals surface area contributed by atoms with Gasteiger partial charge in [-0.3, -0.25) is 9.48 Å². The standard InChI is InChI=1S/C9H14N2O3/c1-2-14-9(13)6-8(12)7-11-5-3-4-10-11/h3-5,8,12H,2,6-7H2,1H3. The van der Waals surface area contributed by atoms with Crippen LogP contribution in [0.4, 0.5) is 0 Å². The summed E-state index contributed by atoms with van der Waals surface area (Å²) in [5.74, 6) is -0.382. The highest BCUT2D eigenvalue weighted by Gasteiger charge is 2.11. The number of aromatic nitrogens is 2. The number of hydrogen-bond donors (Lipinski definition) is 1. The van der Waals surface area contributed by atoms with Gasteiger partial charge in [-0.05, 0) is 13.0 Å². The van der Waals surface area contributed by atoms with E-state index in [2.05, 4.69) is 5.10 Å². The summed E-state index contributed by atoms with van der Waals surface area (Å²) in [4.78, 5) is 11.0. The van der Waals surface area contributed by atoms with Gasteiger partial charge in [0.05, 0.1) is 25.7 Å². The molecule has 0 aliphatic carbocycles. The fraction of sp³-hybridized carbons (Fsp3) is 0.556. The lowest BCUT2D eigenvalue weighted by molar-refractivity contribution is -0.145. The molecule has 0 fully saturated rings. The molecule has 0 saturated carbocycles. The Morgan fingerprint density at radius 2 is 2.50 bits per heavy atom. The summed E-state index contributed by atoms with van der Waals surface area (Å²) in [7, 11) is 0. The Balaban J connectivity index is 2.29. The van der Waals surface area contributed by atoms with E-state index < -0.39 is 6.10 Å². The molecule has 0 bridgehead atoms. The lowest BCUT2D eigenvalue weighted by Gasteiger charge is -2.09. The van der Waals surface area contributed by atoms with Crippen LogP contribution in [0.1, 0.15) is 13.3 Å². The molecule has 1 unspecified atom stereocenters. The van der Waals surface area contributed by atoms with Gasteiger partial charge < -0.3 is 9.84 Å². The summed E-state index contributed by atoms with van der Waals surface area (Å²) in [5.41, 5.74) is 0. The van der Waals surface area contributed by atoms with Gasteiger partial charge in [-0.25, -0.2) is 0 Å². The van der Waals surface area contributed by atoms with E-state index in [0.717, 1.165) is 0 Å². The maximum absolute atomic E-state index is 11.0. The first kappa shape index (κ1) is 10.7. The molecule has 0 aromatic carbocycles. The second kappa shape index (κ2) is 5.39. The Hall–Kier alpha value is -1.36. The average molecular weight is 198 g/mol. The first-order chi connectivity index (χ1) is 6.72. The number of hydrogen-bond acceptors (Lipinski definition) is 4. The van der Waals surface area contributed by atoms with Gasteiger partial charge in [0.1, 0.15) is 0 Å². The maximum Gasteiger partial charge on any atom is 0.308 e. The Kier molecular flexibility index (Phi) is 4.12. The summed E-state index contributed by atoms with van der Waals surface area (Å²) in [6, 6.07) is 1.76. The van der Waals surface area contributed by atoms with Crippen molar-refractivity contribution in [2.24, 2.45) is 0 Å². The molecule has 0 amide bonds. The second-order valence-electron chi connectivity index (χ2n) is 2.89. The van der Waals surface area contributed by atoms with E-state index in [4.69, 9.17) is 4.74 Å². The van der Waals surface area contributed by atoms with Crippen LogP contribution >= 0.6 is 0 Å².